The van der Waals surface area contributed by atoms with Gasteiger partial charge in [0.2, 0.25) is 11.7 Å². The van der Waals surface area contributed by atoms with E-state index in [4.69, 9.17) is 4.74 Å². The molecule has 0 aliphatic heterocycles. The van der Waals surface area contributed by atoms with Crippen molar-refractivity contribution in [2.45, 2.75) is 26.9 Å². The van der Waals surface area contributed by atoms with Gasteiger partial charge in [-0.05, 0) is 38.1 Å². The average molecular weight is 325 g/mol. The Labute approximate surface area is 140 Å². The first kappa shape index (κ1) is 17.4. The second kappa shape index (κ2) is 7.55. The summed E-state index contributed by atoms with van der Waals surface area (Å²) in [6.07, 6.45) is -0.879. The average Bonchev–Trinajstić information content (AvgIpc) is 2.55. The van der Waals surface area contributed by atoms with Crippen LogP contribution in [0.2, 0.25) is 0 Å². The maximum absolute atomic E-state index is 12.3. The second-order valence-corrected chi connectivity index (χ2v) is 5.54. The third kappa shape index (κ3) is 4.52. The standard InChI is InChI=1S/C19H19NO4/c1-12-4-6-15(7-5-12)18(22)13(2)24-19(23)16-8-10-17(11-9-16)20-14(3)21/h4-11,13H,1-3H3,(H,20,21)/t13-/m1/s1. The van der Waals surface area contributed by atoms with E-state index >= 15 is 0 Å². The van der Waals surface area contributed by atoms with E-state index in [1.54, 1.807) is 31.2 Å². The highest BCUT2D eigenvalue weighted by atomic mass is 16.5. The van der Waals surface area contributed by atoms with Crippen molar-refractivity contribution >= 4 is 23.3 Å². The van der Waals surface area contributed by atoms with E-state index in [1.165, 1.54) is 19.1 Å². The van der Waals surface area contributed by atoms with E-state index in [-0.39, 0.29) is 11.7 Å². The van der Waals surface area contributed by atoms with Crippen LogP contribution in [0.15, 0.2) is 48.5 Å². The molecule has 0 radical (unpaired) electrons. The van der Waals surface area contributed by atoms with Crippen molar-refractivity contribution < 1.29 is 19.1 Å². The molecule has 0 fully saturated rings. The van der Waals surface area contributed by atoms with E-state index in [2.05, 4.69) is 5.32 Å². The van der Waals surface area contributed by atoms with Crippen LogP contribution in [0.3, 0.4) is 0 Å². The molecule has 24 heavy (non-hydrogen) atoms. The minimum absolute atomic E-state index is 0.192. The van der Waals surface area contributed by atoms with Gasteiger partial charge in [-0.1, -0.05) is 29.8 Å². The molecule has 2 aromatic rings. The number of amides is 1. The molecule has 1 amide bonds. The number of carbonyl (C=O) groups excluding carboxylic acids is 3. The Balaban J connectivity index is 2.01. The molecule has 2 aromatic carbocycles. The molecule has 0 unspecified atom stereocenters. The number of carbonyl (C=O) groups is 3. The Morgan fingerprint density at radius 3 is 2.00 bits per heavy atom. The fourth-order valence-electron chi connectivity index (χ4n) is 2.13. The molecule has 0 aliphatic rings. The number of anilines is 1. The van der Waals surface area contributed by atoms with Crippen molar-refractivity contribution in [2.24, 2.45) is 0 Å². The molecule has 1 atom stereocenters. The van der Waals surface area contributed by atoms with Crippen LogP contribution >= 0.6 is 0 Å². The van der Waals surface area contributed by atoms with Crippen molar-refractivity contribution in [3.63, 3.8) is 0 Å². The van der Waals surface area contributed by atoms with E-state index in [0.717, 1.165) is 5.56 Å². The van der Waals surface area contributed by atoms with Gasteiger partial charge in [0, 0.05) is 18.2 Å². The van der Waals surface area contributed by atoms with E-state index < -0.39 is 12.1 Å². The first-order chi connectivity index (χ1) is 11.4. The normalized spacial score (nSPS) is 11.5. The quantitative estimate of drug-likeness (QED) is 0.675. The van der Waals surface area contributed by atoms with Gasteiger partial charge < -0.3 is 10.1 Å². The van der Waals surface area contributed by atoms with Gasteiger partial charge in [-0.2, -0.15) is 0 Å². The number of esters is 1. The van der Waals surface area contributed by atoms with Gasteiger partial charge in [0.15, 0.2) is 6.10 Å². The lowest BCUT2D eigenvalue weighted by atomic mass is 10.1. The summed E-state index contributed by atoms with van der Waals surface area (Å²) in [5.74, 6) is -1.03. The number of hydrogen-bond acceptors (Lipinski definition) is 4. The number of benzene rings is 2. The maximum Gasteiger partial charge on any atom is 0.338 e. The van der Waals surface area contributed by atoms with Crippen LogP contribution in [0.1, 0.15) is 40.1 Å². The van der Waals surface area contributed by atoms with Crippen LogP contribution < -0.4 is 5.32 Å². The van der Waals surface area contributed by atoms with Crippen LogP contribution in [-0.4, -0.2) is 23.8 Å². The van der Waals surface area contributed by atoms with Gasteiger partial charge in [-0.15, -0.1) is 0 Å². The lowest BCUT2D eigenvalue weighted by Crippen LogP contribution is -2.24. The molecule has 5 nitrogen and oxygen atoms in total. The van der Waals surface area contributed by atoms with E-state index in [1.807, 2.05) is 19.1 Å². The number of ketones is 1. The van der Waals surface area contributed by atoms with Crippen molar-refractivity contribution in [1.82, 2.24) is 0 Å². The zero-order valence-corrected chi connectivity index (χ0v) is 13.8. The third-order valence-corrected chi connectivity index (χ3v) is 3.43. The van der Waals surface area contributed by atoms with Crippen LogP contribution in [-0.2, 0) is 9.53 Å². The fraction of sp³-hybridized carbons (Fsp3) is 0.211. The molecular weight excluding hydrogens is 306 g/mol. The summed E-state index contributed by atoms with van der Waals surface area (Å²) < 4.78 is 5.23. The molecule has 0 spiro atoms. The predicted molar refractivity (Wildman–Crippen MR) is 91.1 cm³/mol. The Kier molecular flexibility index (Phi) is 5.47. The Morgan fingerprint density at radius 1 is 0.917 bits per heavy atom. The highest BCUT2D eigenvalue weighted by molar-refractivity contribution is 6.01. The lowest BCUT2D eigenvalue weighted by molar-refractivity contribution is -0.114. The van der Waals surface area contributed by atoms with Gasteiger partial charge >= 0.3 is 5.97 Å². The van der Waals surface area contributed by atoms with Gasteiger partial charge in [0.05, 0.1) is 5.56 Å². The number of aryl methyl sites for hydroxylation is 1. The maximum atomic E-state index is 12.3. The van der Waals surface area contributed by atoms with E-state index in [0.29, 0.717) is 16.8 Å². The third-order valence-electron chi connectivity index (χ3n) is 3.43. The zero-order chi connectivity index (χ0) is 17.7. The fourth-order valence-corrected chi connectivity index (χ4v) is 2.13. The highest BCUT2D eigenvalue weighted by Gasteiger charge is 2.20. The molecule has 0 aromatic heterocycles. The first-order valence-corrected chi connectivity index (χ1v) is 7.56. The molecule has 0 saturated heterocycles. The van der Waals surface area contributed by atoms with Crippen molar-refractivity contribution in [3.8, 4) is 0 Å². The molecule has 0 aliphatic carbocycles. The predicted octanol–water partition coefficient (Wildman–Crippen LogP) is 3.38. The Bertz CT molecular complexity index is 748. The minimum Gasteiger partial charge on any atom is -0.451 e. The van der Waals surface area contributed by atoms with Gasteiger partial charge in [-0.25, -0.2) is 4.79 Å². The highest BCUT2D eigenvalue weighted by Crippen LogP contribution is 2.13. The van der Waals surface area contributed by atoms with Crippen LogP contribution in [0, 0.1) is 6.92 Å². The van der Waals surface area contributed by atoms with Crippen LogP contribution in [0.5, 0.6) is 0 Å². The molecule has 1 N–H and O–H groups in total. The molecule has 0 saturated carbocycles. The van der Waals surface area contributed by atoms with Gasteiger partial charge in [0.1, 0.15) is 0 Å². The molecule has 2 rings (SSSR count). The summed E-state index contributed by atoms with van der Waals surface area (Å²) in [6.45, 7) is 4.88. The molecule has 0 heterocycles. The summed E-state index contributed by atoms with van der Waals surface area (Å²) in [5.41, 5.74) is 2.45. The minimum atomic E-state index is -0.879. The van der Waals surface area contributed by atoms with Gasteiger partial charge in [0.25, 0.3) is 0 Å². The Morgan fingerprint density at radius 2 is 1.46 bits per heavy atom. The van der Waals surface area contributed by atoms with E-state index in [9.17, 15) is 14.4 Å². The first-order valence-electron chi connectivity index (χ1n) is 7.56. The SMILES string of the molecule is CC(=O)Nc1ccc(C(=O)O[C@H](C)C(=O)c2ccc(C)cc2)cc1. The summed E-state index contributed by atoms with van der Waals surface area (Å²) in [7, 11) is 0. The summed E-state index contributed by atoms with van der Waals surface area (Å²) in [4.78, 5) is 35.4. The molecule has 0 bridgehead atoms. The largest absolute Gasteiger partial charge is 0.451 e. The molecule has 5 heteroatoms. The Hall–Kier alpha value is -2.95. The summed E-state index contributed by atoms with van der Waals surface area (Å²) in [5, 5.41) is 2.61. The van der Waals surface area contributed by atoms with Gasteiger partial charge in [-0.3, -0.25) is 9.59 Å². The number of rotatable bonds is 5. The number of Topliss-reactive ketones (excluding diaryl/α,β-unsaturated/α-hetero) is 1. The molecule has 124 valence electrons. The van der Waals surface area contributed by atoms with Crippen molar-refractivity contribution in [3.05, 3.63) is 65.2 Å². The van der Waals surface area contributed by atoms with Crippen molar-refractivity contribution in [1.29, 1.82) is 0 Å². The van der Waals surface area contributed by atoms with Crippen molar-refractivity contribution in [2.75, 3.05) is 5.32 Å². The van der Waals surface area contributed by atoms with Crippen LogP contribution in [0.25, 0.3) is 0 Å². The molecular formula is C19H19NO4. The number of hydrogen-bond donors (Lipinski definition) is 1. The topological polar surface area (TPSA) is 72.5 Å². The summed E-state index contributed by atoms with van der Waals surface area (Å²) >= 11 is 0. The zero-order valence-electron chi connectivity index (χ0n) is 13.8. The smallest absolute Gasteiger partial charge is 0.338 e. The monoisotopic (exact) mass is 325 g/mol. The number of ether oxygens (including phenoxy) is 1. The van der Waals surface area contributed by atoms with Crippen LogP contribution in [0.4, 0.5) is 5.69 Å². The second-order valence-electron chi connectivity index (χ2n) is 5.54. The number of nitrogens with one attached hydrogen (secondary N) is 1. The summed E-state index contributed by atoms with van der Waals surface area (Å²) in [6, 6.07) is 13.4. The lowest BCUT2D eigenvalue weighted by Gasteiger charge is -2.13.